The number of carbonyl (C=O) groups excluding carboxylic acids is 2. The van der Waals surface area contributed by atoms with Crippen LogP contribution in [0.25, 0.3) is 0 Å². The van der Waals surface area contributed by atoms with Crippen molar-refractivity contribution in [3.8, 4) is 5.75 Å². The molecule has 1 aromatic carbocycles. The molecule has 1 atom stereocenters. The van der Waals surface area contributed by atoms with E-state index >= 15 is 0 Å². The summed E-state index contributed by atoms with van der Waals surface area (Å²) < 4.78 is 10.2. The molecule has 1 N–H and O–H groups in total. The van der Waals surface area contributed by atoms with Gasteiger partial charge in [0.25, 0.3) is 5.79 Å². The van der Waals surface area contributed by atoms with Crippen LogP contribution in [0.4, 0.5) is 0 Å². The van der Waals surface area contributed by atoms with E-state index in [2.05, 4.69) is 0 Å². The summed E-state index contributed by atoms with van der Waals surface area (Å²) in [5.74, 6) is -1.99. The number of esters is 1. The van der Waals surface area contributed by atoms with Crippen LogP contribution in [-0.2, 0) is 20.1 Å². The Morgan fingerprint density at radius 1 is 1.25 bits per heavy atom. The standard InChI is InChI=1S/C15H20O5/c1-5-19-15(18,10-16)11-6-8-12(9-7-11)20-13(17)14(2,3)4/h6-10,18H,5H2,1-4H3. The van der Waals surface area contributed by atoms with Crippen LogP contribution in [0, 0.1) is 5.41 Å². The second kappa shape index (κ2) is 6.15. The number of hydrogen-bond acceptors (Lipinski definition) is 5. The number of aliphatic hydroxyl groups is 1. The topological polar surface area (TPSA) is 72.8 Å². The number of ether oxygens (including phenoxy) is 2. The quantitative estimate of drug-likeness (QED) is 0.386. The van der Waals surface area contributed by atoms with E-state index in [0.717, 1.165) is 0 Å². The molecule has 0 aromatic heterocycles. The highest BCUT2D eigenvalue weighted by Gasteiger charge is 2.29. The van der Waals surface area contributed by atoms with E-state index in [1.165, 1.54) is 24.3 Å². The monoisotopic (exact) mass is 280 g/mol. The largest absolute Gasteiger partial charge is 0.426 e. The minimum atomic E-state index is -1.97. The molecule has 0 aliphatic heterocycles. The minimum absolute atomic E-state index is 0.190. The van der Waals surface area contributed by atoms with Gasteiger partial charge in [0, 0.05) is 12.2 Å². The molecule has 20 heavy (non-hydrogen) atoms. The normalized spacial score (nSPS) is 14.4. The maximum absolute atomic E-state index is 11.7. The van der Waals surface area contributed by atoms with Crippen LogP contribution in [0.5, 0.6) is 5.75 Å². The molecule has 0 saturated heterocycles. The Morgan fingerprint density at radius 3 is 2.20 bits per heavy atom. The van der Waals surface area contributed by atoms with Crippen LogP contribution < -0.4 is 4.74 Å². The van der Waals surface area contributed by atoms with Crippen molar-refractivity contribution in [3.63, 3.8) is 0 Å². The van der Waals surface area contributed by atoms with Gasteiger partial charge in [0.1, 0.15) is 5.75 Å². The van der Waals surface area contributed by atoms with Crippen LogP contribution in [0.2, 0.25) is 0 Å². The highest BCUT2D eigenvalue weighted by atomic mass is 16.6. The molecular formula is C15H20O5. The zero-order chi connectivity index (χ0) is 15.4. The molecular weight excluding hydrogens is 260 g/mol. The van der Waals surface area contributed by atoms with Gasteiger partial charge < -0.3 is 14.6 Å². The lowest BCUT2D eigenvalue weighted by atomic mass is 9.97. The van der Waals surface area contributed by atoms with E-state index in [1.807, 2.05) is 0 Å². The van der Waals surface area contributed by atoms with Gasteiger partial charge >= 0.3 is 5.97 Å². The van der Waals surface area contributed by atoms with E-state index in [9.17, 15) is 14.7 Å². The van der Waals surface area contributed by atoms with Crippen LogP contribution in [0.1, 0.15) is 33.3 Å². The Bertz CT molecular complexity index is 472. The smallest absolute Gasteiger partial charge is 0.316 e. The average molecular weight is 280 g/mol. The zero-order valence-corrected chi connectivity index (χ0v) is 12.2. The van der Waals surface area contributed by atoms with E-state index in [1.54, 1.807) is 27.7 Å². The van der Waals surface area contributed by atoms with Crippen LogP contribution in [-0.4, -0.2) is 24.0 Å². The van der Waals surface area contributed by atoms with Crippen LogP contribution in [0.15, 0.2) is 24.3 Å². The van der Waals surface area contributed by atoms with Gasteiger partial charge in [0.05, 0.1) is 5.41 Å². The first-order valence-electron chi connectivity index (χ1n) is 6.38. The predicted molar refractivity (Wildman–Crippen MR) is 73.1 cm³/mol. The fourth-order valence-corrected chi connectivity index (χ4v) is 1.43. The Balaban J connectivity index is 2.89. The van der Waals surface area contributed by atoms with Gasteiger partial charge in [-0.2, -0.15) is 0 Å². The van der Waals surface area contributed by atoms with Gasteiger partial charge in [0.2, 0.25) is 0 Å². The summed E-state index contributed by atoms with van der Waals surface area (Å²) in [5.41, 5.74) is -0.321. The summed E-state index contributed by atoms with van der Waals surface area (Å²) in [6.07, 6.45) is 0.326. The lowest BCUT2D eigenvalue weighted by Gasteiger charge is -2.22. The van der Waals surface area contributed by atoms with Gasteiger partial charge in [-0.1, -0.05) is 0 Å². The number of benzene rings is 1. The van der Waals surface area contributed by atoms with Crippen molar-refractivity contribution < 1.29 is 24.2 Å². The molecule has 0 amide bonds. The van der Waals surface area contributed by atoms with E-state index < -0.39 is 11.2 Å². The maximum atomic E-state index is 11.7. The lowest BCUT2D eigenvalue weighted by molar-refractivity contribution is -0.197. The average Bonchev–Trinajstić information content (AvgIpc) is 2.38. The molecule has 0 radical (unpaired) electrons. The van der Waals surface area contributed by atoms with Gasteiger partial charge in [-0.25, -0.2) is 0 Å². The van der Waals surface area contributed by atoms with Crippen molar-refractivity contribution in [1.29, 1.82) is 0 Å². The Morgan fingerprint density at radius 2 is 1.80 bits per heavy atom. The first-order valence-corrected chi connectivity index (χ1v) is 6.38. The highest BCUT2D eigenvalue weighted by Crippen LogP contribution is 2.24. The summed E-state index contributed by atoms with van der Waals surface area (Å²) in [7, 11) is 0. The Labute approximate surface area is 118 Å². The summed E-state index contributed by atoms with van der Waals surface area (Å²) in [5, 5.41) is 10.00. The summed E-state index contributed by atoms with van der Waals surface area (Å²) in [6.45, 7) is 7.13. The van der Waals surface area contributed by atoms with Gasteiger partial charge in [-0.05, 0) is 52.0 Å². The molecule has 5 heteroatoms. The molecule has 0 aliphatic carbocycles. The van der Waals surface area contributed by atoms with Crippen molar-refractivity contribution in [2.24, 2.45) is 5.41 Å². The minimum Gasteiger partial charge on any atom is -0.426 e. The number of aldehydes is 1. The van der Waals surface area contributed by atoms with Gasteiger partial charge in [-0.3, -0.25) is 9.59 Å². The molecule has 1 rings (SSSR count). The third-order valence-electron chi connectivity index (χ3n) is 2.61. The van der Waals surface area contributed by atoms with E-state index in [4.69, 9.17) is 9.47 Å². The molecule has 0 heterocycles. The van der Waals surface area contributed by atoms with Crippen LogP contribution in [0.3, 0.4) is 0 Å². The molecule has 0 spiro atoms. The maximum Gasteiger partial charge on any atom is 0.316 e. The first-order chi connectivity index (χ1) is 9.23. The molecule has 0 fully saturated rings. The number of hydrogen-bond donors (Lipinski definition) is 1. The van der Waals surface area contributed by atoms with Crippen molar-refractivity contribution in [3.05, 3.63) is 29.8 Å². The van der Waals surface area contributed by atoms with Crippen molar-refractivity contribution in [2.75, 3.05) is 6.61 Å². The summed E-state index contributed by atoms with van der Waals surface area (Å²) in [6, 6.07) is 5.98. The van der Waals surface area contributed by atoms with Crippen LogP contribution >= 0.6 is 0 Å². The SMILES string of the molecule is CCOC(O)(C=O)c1ccc(OC(=O)C(C)(C)C)cc1. The predicted octanol–water partition coefficient (Wildman–Crippen LogP) is 2.02. The van der Waals surface area contributed by atoms with E-state index in [-0.39, 0.29) is 18.1 Å². The van der Waals surface area contributed by atoms with Gasteiger partial charge in [0.15, 0.2) is 6.29 Å². The second-order valence-corrected chi connectivity index (χ2v) is 5.41. The molecule has 0 bridgehead atoms. The third-order valence-corrected chi connectivity index (χ3v) is 2.61. The highest BCUT2D eigenvalue weighted by molar-refractivity contribution is 5.77. The lowest BCUT2D eigenvalue weighted by Crippen LogP contribution is -2.31. The first kappa shape index (κ1) is 16.3. The molecule has 110 valence electrons. The third kappa shape index (κ3) is 3.88. The molecule has 1 aromatic rings. The fourth-order valence-electron chi connectivity index (χ4n) is 1.43. The zero-order valence-electron chi connectivity index (χ0n) is 12.2. The summed E-state index contributed by atoms with van der Waals surface area (Å²) in [4.78, 5) is 22.7. The van der Waals surface area contributed by atoms with E-state index in [0.29, 0.717) is 12.0 Å². The Kier molecular flexibility index (Phi) is 5.03. The number of rotatable bonds is 5. The molecule has 1 unspecified atom stereocenters. The second-order valence-electron chi connectivity index (χ2n) is 5.41. The fraction of sp³-hybridized carbons (Fsp3) is 0.467. The Hall–Kier alpha value is -1.72. The summed E-state index contributed by atoms with van der Waals surface area (Å²) >= 11 is 0. The van der Waals surface area contributed by atoms with Gasteiger partial charge in [-0.15, -0.1) is 0 Å². The molecule has 5 nitrogen and oxygen atoms in total. The van der Waals surface area contributed by atoms with Crippen molar-refractivity contribution >= 4 is 12.3 Å². The molecule has 0 aliphatic rings. The van der Waals surface area contributed by atoms with Crippen molar-refractivity contribution in [1.82, 2.24) is 0 Å². The number of carbonyl (C=O) groups is 2. The molecule has 0 saturated carbocycles. The van der Waals surface area contributed by atoms with Crippen molar-refractivity contribution in [2.45, 2.75) is 33.5 Å².